The van der Waals surface area contributed by atoms with Crippen molar-refractivity contribution in [1.82, 2.24) is 16.0 Å². The van der Waals surface area contributed by atoms with E-state index in [0.717, 1.165) is 51.4 Å². The number of allylic oxidation sites excluding steroid dienone is 2. The molecule has 28 heavy (non-hydrogen) atoms. The monoisotopic (exact) mass is 383 g/mol. The minimum atomic E-state index is -0.295. The van der Waals surface area contributed by atoms with E-state index in [2.05, 4.69) is 38.1 Å². The van der Waals surface area contributed by atoms with Crippen molar-refractivity contribution < 1.29 is 9.59 Å². The largest absolute Gasteiger partial charge is 0.347 e. The van der Waals surface area contributed by atoms with Gasteiger partial charge >= 0.3 is 6.03 Å². The molecule has 0 radical (unpaired) electrons. The summed E-state index contributed by atoms with van der Waals surface area (Å²) in [4.78, 5) is 33.9. The molecule has 0 aromatic rings. The number of nitrogens with one attached hydrogen (secondary N) is 3. The normalized spacial score (nSPS) is 24.9. The van der Waals surface area contributed by atoms with Crippen LogP contribution in [0.4, 0.5) is 4.79 Å². The predicted octanol–water partition coefficient (Wildman–Crippen LogP) is 2.40. The van der Waals surface area contributed by atoms with Crippen LogP contribution in [0.3, 0.4) is 0 Å². The van der Waals surface area contributed by atoms with Crippen LogP contribution in [0.2, 0.25) is 0 Å². The summed E-state index contributed by atoms with van der Waals surface area (Å²) in [5.74, 6) is 0.0397. The molecule has 0 aromatic heterocycles. The number of hydrogen-bond acceptors (Lipinski definition) is 4. The Morgan fingerprint density at radius 1 is 0.964 bits per heavy atom. The number of urea groups is 1. The van der Waals surface area contributed by atoms with Crippen molar-refractivity contribution in [3.05, 3.63) is 23.3 Å². The first-order valence-electron chi connectivity index (χ1n) is 10.5. The van der Waals surface area contributed by atoms with Crippen LogP contribution in [0.1, 0.15) is 57.8 Å². The lowest BCUT2D eigenvalue weighted by Gasteiger charge is -2.23. The molecule has 1 atom stereocenters. The van der Waals surface area contributed by atoms with Crippen LogP contribution in [-0.4, -0.2) is 48.7 Å². The van der Waals surface area contributed by atoms with Gasteiger partial charge in [-0.1, -0.05) is 37.0 Å². The first-order chi connectivity index (χ1) is 13.7. The summed E-state index contributed by atoms with van der Waals surface area (Å²) in [6.07, 6.45) is 13.9. The van der Waals surface area contributed by atoms with Crippen molar-refractivity contribution in [2.24, 2.45) is 9.98 Å². The number of rotatable bonds is 3. The highest BCUT2D eigenvalue weighted by atomic mass is 16.2. The summed E-state index contributed by atoms with van der Waals surface area (Å²) in [6, 6.07) is 0.00877. The Morgan fingerprint density at radius 2 is 1.79 bits per heavy atom. The molecule has 3 N–H and O–H groups in total. The van der Waals surface area contributed by atoms with E-state index in [4.69, 9.17) is 0 Å². The maximum absolute atomic E-state index is 12.8. The maximum atomic E-state index is 12.8. The Kier molecular flexibility index (Phi) is 5.88. The fourth-order valence-corrected chi connectivity index (χ4v) is 4.53. The van der Waals surface area contributed by atoms with Gasteiger partial charge in [0.1, 0.15) is 0 Å². The van der Waals surface area contributed by atoms with Crippen molar-refractivity contribution in [2.75, 3.05) is 13.1 Å². The fraction of sp³-hybridized carbons (Fsp3) is 0.619. The van der Waals surface area contributed by atoms with Gasteiger partial charge in [0.2, 0.25) is 0 Å². The molecular formula is C21H29N5O2. The second-order valence-corrected chi connectivity index (χ2v) is 8.04. The summed E-state index contributed by atoms with van der Waals surface area (Å²) < 4.78 is 0. The molecule has 150 valence electrons. The minimum Gasteiger partial charge on any atom is -0.347 e. The lowest BCUT2D eigenvalue weighted by Crippen LogP contribution is -2.52. The number of carbonyl (C=O) groups excluding carboxylic acids is 2. The third kappa shape index (κ3) is 4.51. The summed E-state index contributed by atoms with van der Waals surface area (Å²) in [7, 11) is 0. The first-order valence-corrected chi connectivity index (χ1v) is 10.5. The van der Waals surface area contributed by atoms with Gasteiger partial charge in [-0.2, -0.15) is 0 Å². The molecule has 4 aliphatic rings. The molecule has 3 aliphatic carbocycles. The number of carbonyl (C=O) groups is 2. The van der Waals surface area contributed by atoms with E-state index in [1.807, 2.05) is 0 Å². The zero-order chi connectivity index (χ0) is 19.3. The number of aliphatic imine (C=N–C) groups is 2. The second-order valence-electron chi connectivity index (χ2n) is 8.04. The summed E-state index contributed by atoms with van der Waals surface area (Å²) in [5.41, 5.74) is 3.06. The van der Waals surface area contributed by atoms with Crippen molar-refractivity contribution >= 4 is 23.5 Å². The standard InChI is InChI=1S/C21H29N5O2/c27-20(24-17-12-14-6-4-5-7-15(14)13-17)18-19(23-11-10-22-18)26-21(28)25-16-8-2-1-3-9-16/h4,6,16-17H,1-3,5,7-13H2,(H,24,27)(H2,23,25,26,28). The van der Waals surface area contributed by atoms with Gasteiger partial charge in [-0.15, -0.1) is 0 Å². The van der Waals surface area contributed by atoms with Gasteiger partial charge in [0.15, 0.2) is 11.5 Å². The number of nitrogens with zero attached hydrogens (tertiary/aromatic N) is 2. The molecule has 0 saturated heterocycles. The highest BCUT2D eigenvalue weighted by molar-refractivity contribution is 6.67. The average Bonchev–Trinajstić information content (AvgIpc) is 3.11. The molecule has 1 aliphatic heterocycles. The Morgan fingerprint density at radius 3 is 2.61 bits per heavy atom. The van der Waals surface area contributed by atoms with E-state index in [9.17, 15) is 9.59 Å². The van der Waals surface area contributed by atoms with Gasteiger partial charge < -0.3 is 10.6 Å². The smallest absolute Gasteiger partial charge is 0.320 e. The molecule has 0 aromatic carbocycles. The van der Waals surface area contributed by atoms with Crippen LogP contribution >= 0.6 is 0 Å². The molecule has 0 spiro atoms. The van der Waals surface area contributed by atoms with Crippen molar-refractivity contribution in [3.8, 4) is 0 Å². The van der Waals surface area contributed by atoms with Crippen LogP contribution < -0.4 is 16.0 Å². The molecule has 1 fully saturated rings. The van der Waals surface area contributed by atoms with Gasteiger partial charge in [-0.25, -0.2) is 4.79 Å². The topological polar surface area (TPSA) is 95.0 Å². The first kappa shape index (κ1) is 18.9. The molecule has 3 amide bonds. The highest BCUT2D eigenvalue weighted by Crippen LogP contribution is 2.33. The molecule has 1 heterocycles. The molecule has 0 bridgehead atoms. The van der Waals surface area contributed by atoms with Gasteiger partial charge in [0, 0.05) is 12.1 Å². The average molecular weight is 383 g/mol. The molecule has 1 unspecified atom stereocenters. The predicted molar refractivity (Wildman–Crippen MR) is 110 cm³/mol. The molecule has 7 nitrogen and oxygen atoms in total. The van der Waals surface area contributed by atoms with E-state index >= 15 is 0 Å². The quantitative estimate of drug-likeness (QED) is 0.698. The Labute approximate surface area is 165 Å². The molecule has 1 saturated carbocycles. The van der Waals surface area contributed by atoms with Crippen LogP contribution in [0.25, 0.3) is 0 Å². The number of amidine groups is 1. The minimum absolute atomic E-state index is 0.0993. The van der Waals surface area contributed by atoms with Gasteiger partial charge in [-0.3, -0.25) is 20.1 Å². The molecular weight excluding hydrogens is 354 g/mol. The summed E-state index contributed by atoms with van der Waals surface area (Å²) in [5, 5.41) is 8.85. The second kappa shape index (κ2) is 8.71. The fourth-order valence-electron chi connectivity index (χ4n) is 4.53. The third-order valence-corrected chi connectivity index (χ3v) is 5.93. The van der Waals surface area contributed by atoms with Crippen LogP contribution in [0.5, 0.6) is 0 Å². The van der Waals surface area contributed by atoms with Crippen molar-refractivity contribution in [2.45, 2.75) is 69.9 Å². The van der Waals surface area contributed by atoms with Crippen LogP contribution in [-0.2, 0) is 4.79 Å². The van der Waals surface area contributed by atoms with E-state index in [0.29, 0.717) is 13.1 Å². The van der Waals surface area contributed by atoms with Gasteiger partial charge in [0.25, 0.3) is 5.91 Å². The Hall–Kier alpha value is -2.44. The number of hydrogen-bond donors (Lipinski definition) is 3. The Bertz CT molecular complexity index is 759. The zero-order valence-electron chi connectivity index (χ0n) is 16.3. The third-order valence-electron chi connectivity index (χ3n) is 5.93. The number of amides is 3. The van der Waals surface area contributed by atoms with E-state index < -0.39 is 0 Å². The SMILES string of the molecule is O=C(NC1=NCCN=C1C(=O)NC1CC2=C(CCC=C2)C1)NC1CCCCC1. The lowest BCUT2D eigenvalue weighted by molar-refractivity contribution is -0.115. The van der Waals surface area contributed by atoms with Crippen molar-refractivity contribution in [1.29, 1.82) is 0 Å². The summed E-state index contributed by atoms with van der Waals surface area (Å²) in [6.45, 7) is 0.959. The van der Waals surface area contributed by atoms with Gasteiger partial charge in [-0.05, 0) is 44.1 Å². The highest BCUT2D eigenvalue weighted by Gasteiger charge is 2.29. The Balaban J connectivity index is 1.32. The zero-order valence-corrected chi connectivity index (χ0v) is 16.3. The summed E-state index contributed by atoms with van der Waals surface area (Å²) >= 11 is 0. The van der Waals surface area contributed by atoms with E-state index in [1.54, 1.807) is 0 Å². The van der Waals surface area contributed by atoms with Crippen LogP contribution in [0.15, 0.2) is 33.3 Å². The lowest BCUT2D eigenvalue weighted by atomic mass is 9.96. The van der Waals surface area contributed by atoms with Crippen LogP contribution in [0, 0.1) is 0 Å². The van der Waals surface area contributed by atoms with Gasteiger partial charge in [0.05, 0.1) is 13.1 Å². The maximum Gasteiger partial charge on any atom is 0.320 e. The van der Waals surface area contributed by atoms with Crippen molar-refractivity contribution in [3.63, 3.8) is 0 Å². The molecule has 4 rings (SSSR count). The molecule has 7 heteroatoms. The van der Waals surface area contributed by atoms with E-state index in [-0.39, 0.29) is 35.6 Å². The van der Waals surface area contributed by atoms with E-state index in [1.165, 1.54) is 17.6 Å².